The summed E-state index contributed by atoms with van der Waals surface area (Å²) in [6.07, 6.45) is 0. The summed E-state index contributed by atoms with van der Waals surface area (Å²) in [5.41, 5.74) is 18.3. The molecule has 11 aromatic rings. The number of hydrogen-bond donors (Lipinski definition) is 0. The van der Waals surface area contributed by atoms with E-state index in [1.54, 1.807) is 0 Å². The first kappa shape index (κ1) is 37.5. The maximum absolute atomic E-state index is 2.51. The standard InChI is InChI=1S/C62H44.CH4/c1-61(2)55-23-13-11-19-46(55)48-30-27-39(35-57(48)61)59-50-21-9-10-22-51(50)60(40-28-31-49-47-20-12-14-24-56(47)62(3,4)58(49)36-40)54-34-38(26-32-52(54)59)37-25-29-45-43-17-6-5-15-41(43)42-16-7-8-18-44(42)53(45)33-37;/h5-36H,1-4H3;1H4. The molecular formula is C63H48. The van der Waals surface area contributed by atoms with Crippen LogP contribution in [0.15, 0.2) is 194 Å². The van der Waals surface area contributed by atoms with Crippen LogP contribution < -0.4 is 0 Å². The summed E-state index contributed by atoms with van der Waals surface area (Å²) in [5, 5.41) is 12.9. The zero-order valence-electron chi connectivity index (χ0n) is 35.5. The Morgan fingerprint density at radius 1 is 0.238 bits per heavy atom. The fourth-order valence-electron chi connectivity index (χ4n) is 11.8. The van der Waals surface area contributed by atoms with E-state index in [1.807, 2.05) is 0 Å². The van der Waals surface area contributed by atoms with Gasteiger partial charge in [-0.05, 0) is 156 Å². The van der Waals surface area contributed by atoms with E-state index in [0.717, 1.165) is 0 Å². The molecule has 11 aromatic carbocycles. The van der Waals surface area contributed by atoms with Gasteiger partial charge in [0, 0.05) is 10.8 Å². The van der Waals surface area contributed by atoms with E-state index in [1.165, 1.54) is 132 Å². The van der Waals surface area contributed by atoms with Crippen LogP contribution >= 0.6 is 0 Å². The van der Waals surface area contributed by atoms with Gasteiger partial charge in [0.2, 0.25) is 0 Å². The average molecular weight is 805 g/mol. The minimum absolute atomic E-state index is 0. The topological polar surface area (TPSA) is 0 Å². The van der Waals surface area contributed by atoms with Crippen LogP contribution in [0, 0.1) is 0 Å². The van der Waals surface area contributed by atoms with Crippen LogP contribution in [-0.4, -0.2) is 0 Å². The fourth-order valence-corrected chi connectivity index (χ4v) is 11.8. The molecule has 0 unspecified atom stereocenters. The van der Waals surface area contributed by atoms with Crippen molar-refractivity contribution in [1.82, 2.24) is 0 Å². The van der Waals surface area contributed by atoms with E-state index in [9.17, 15) is 0 Å². The zero-order chi connectivity index (χ0) is 41.5. The second-order valence-corrected chi connectivity index (χ2v) is 18.8. The van der Waals surface area contributed by atoms with Crippen LogP contribution in [0.4, 0.5) is 0 Å². The van der Waals surface area contributed by atoms with Gasteiger partial charge in [-0.25, -0.2) is 0 Å². The van der Waals surface area contributed by atoms with Crippen LogP contribution in [-0.2, 0) is 10.8 Å². The highest BCUT2D eigenvalue weighted by Crippen LogP contribution is 2.54. The van der Waals surface area contributed by atoms with Crippen LogP contribution in [0.3, 0.4) is 0 Å². The van der Waals surface area contributed by atoms with Gasteiger partial charge in [0.15, 0.2) is 0 Å². The van der Waals surface area contributed by atoms with E-state index in [-0.39, 0.29) is 18.3 Å². The quantitative estimate of drug-likeness (QED) is 0.123. The Kier molecular flexibility index (Phi) is 7.95. The van der Waals surface area contributed by atoms with Crippen molar-refractivity contribution in [3.63, 3.8) is 0 Å². The molecule has 300 valence electrons. The Balaban J connectivity index is 0.00000421. The van der Waals surface area contributed by atoms with Gasteiger partial charge in [-0.15, -0.1) is 0 Å². The molecule has 0 aliphatic heterocycles. The largest absolute Gasteiger partial charge is 0.0776 e. The first-order chi connectivity index (χ1) is 30.3. The van der Waals surface area contributed by atoms with E-state index < -0.39 is 0 Å². The van der Waals surface area contributed by atoms with Crippen molar-refractivity contribution in [1.29, 1.82) is 0 Å². The molecule has 0 bridgehead atoms. The molecule has 13 rings (SSSR count). The molecule has 0 saturated heterocycles. The van der Waals surface area contributed by atoms with Gasteiger partial charge >= 0.3 is 0 Å². The maximum Gasteiger partial charge on any atom is 0.0159 e. The van der Waals surface area contributed by atoms with E-state index in [2.05, 4.69) is 222 Å². The first-order valence-corrected chi connectivity index (χ1v) is 22.1. The maximum atomic E-state index is 2.51. The molecule has 0 radical (unpaired) electrons. The number of benzene rings is 11. The van der Waals surface area contributed by atoms with Crippen molar-refractivity contribution in [3.05, 3.63) is 216 Å². The Labute approximate surface area is 370 Å². The van der Waals surface area contributed by atoms with Crippen LogP contribution in [0.5, 0.6) is 0 Å². The lowest BCUT2D eigenvalue weighted by atomic mass is 9.79. The van der Waals surface area contributed by atoms with E-state index >= 15 is 0 Å². The predicted molar refractivity (Wildman–Crippen MR) is 272 cm³/mol. The van der Waals surface area contributed by atoms with E-state index in [4.69, 9.17) is 0 Å². The van der Waals surface area contributed by atoms with Gasteiger partial charge in [0.1, 0.15) is 0 Å². The van der Waals surface area contributed by atoms with Gasteiger partial charge in [0.25, 0.3) is 0 Å². The highest BCUT2D eigenvalue weighted by molar-refractivity contribution is 6.26. The van der Waals surface area contributed by atoms with Crippen molar-refractivity contribution in [3.8, 4) is 55.6 Å². The molecule has 0 nitrogen and oxygen atoms in total. The molecule has 2 aliphatic carbocycles. The highest BCUT2D eigenvalue weighted by Gasteiger charge is 2.37. The van der Waals surface area contributed by atoms with Crippen LogP contribution in [0.1, 0.15) is 57.4 Å². The summed E-state index contributed by atoms with van der Waals surface area (Å²) >= 11 is 0. The minimum Gasteiger partial charge on any atom is -0.0776 e. The third-order valence-corrected chi connectivity index (χ3v) is 14.8. The molecule has 0 heteroatoms. The van der Waals surface area contributed by atoms with Gasteiger partial charge in [-0.2, -0.15) is 0 Å². The summed E-state index contributed by atoms with van der Waals surface area (Å²) in [6, 6.07) is 73.7. The van der Waals surface area contributed by atoms with Crippen LogP contribution in [0.25, 0.3) is 109 Å². The fraction of sp³-hybridized carbons (Fsp3) is 0.111. The molecular weight excluding hydrogens is 757 g/mol. The zero-order valence-corrected chi connectivity index (χ0v) is 35.5. The van der Waals surface area contributed by atoms with Crippen molar-refractivity contribution in [2.24, 2.45) is 0 Å². The van der Waals surface area contributed by atoms with Gasteiger partial charge in [-0.3, -0.25) is 0 Å². The summed E-state index contributed by atoms with van der Waals surface area (Å²) < 4.78 is 0. The predicted octanol–water partition coefficient (Wildman–Crippen LogP) is 17.7. The molecule has 0 aromatic heterocycles. The Morgan fingerprint density at radius 2 is 0.556 bits per heavy atom. The molecule has 2 aliphatic rings. The number of fused-ring (bicyclic) bond motifs is 14. The third-order valence-electron chi connectivity index (χ3n) is 14.8. The lowest BCUT2D eigenvalue weighted by molar-refractivity contribution is 0.660. The normalized spacial score (nSPS) is 14.2. The average Bonchev–Trinajstić information content (AvgIpc) is 3.69. The second kappa shape index (κ2) is 13.4. The smallest absolute Gasteiger partial charge is 0.0159 e. The third kappa shape index (κ3) is 5.16. The molecule has 0 amide bonds. The molecule has 0 N–H and O–H groups in total. The summed E-state index contributed by atoms with van der Waals surface area (Å²) in [4.78, 5) is 0. The Morgan fingerprint density at radius 3 is 1.05 bits per heavy atom. The molecule has 0 heterocycles. The van der Waals surface area contributed by atoms with Gasteiger partial charge in [-0.1, -0.05) is 205 Å². The van der Waals surface area contributed by atoms with Crippen molar-refractivity contribution >= 4 is 53.9 Å². The first-order valence-electron chi connectivity index (χ1n) is 22.1. The molecule has 0 atom stereocenters. The van der Waals surface area contributed by atoms with Crippen molar-refractivity contribution in [2.75, 3.05) is 0 Å². The van der Waals surface area contributed by atoms with Crippen LogP contribution in [0.2, 0.25) is 0 Å². The highest BCUT2D eigenvalue weighted by atomic mass is 14.4. The lowest BCUT2D eigenvalue weighted by Crippen LogP contribution is -2.15. The van der Waals surface area contributed by atoms with Crippen molar-refractivity contribution < 1.29 is 0 Å². The summed E-state index contributed by atoms with van der Waals surface area (Å²) in [6.45, 7) is 9.55. The van der Waals surface area contributed by atoms with Crippen molar-refractivity contribution in [2.45, 2.75) is 46.0 Å². The lowest BCUT2D eigenvalue weighted by Gasteiger charge is -2.24. The SMILES string of the molecule is C.CC1(C)c2ccccc2-c2ccc(-c3c4ccccc4c(-c4ccc5c(c4)C(C)(C)c4ccccc4-5)c4cc(-c5ccc6c7ccccc7c7ccccc7c6c5)ccc34)cc21. The van der Waals surface area contributed by atoms with E-state index in [0.29, 0.717) is 0 Å². The summed E-state index contributed by atoms with van der Waals surface area (Å²) in [7, 11) is 0. The number of rotatable bonds is 3. The summed E-state index contributed by atoms with van der Waals surface area (Å²) in [5.74, 6) is 0. The Hall–Kier alpha value is -7.28. The molecule has 63 heavy (non-hydrogen) atoms. The number of hydrogen-bond acceptors (Lipinski definition) is 0. The second-order valence-electron chi connectivity index (χ2n) is 18.8. The molecule has 0 spiro atoms. The molecule has 0 saturated carbocycles. The minimum atomic E-state index is -0.106. The van der Waals surface area contributed by atoms with Gasteiger partial charge < -0.3 is 0 Å². The Bertz CT molecular complexity index is 3710. The monoisotopic (exact) mass is 804 g/mol. The molecule has 0 fully saturated rings. The van der Waals surface area contributed by atoms with Gasteiger partial charge in [0.05, 0.1) is 0 Å².